The molecule has 0 saturated heterocycles. The van der Waals surface area contributed by atoms with Gasteiger partial charge in [0.25, 0.3) is 12.9 Å². The van der Waals surface area contributed by atoms with Gasteiger partial charge in [0, 0.05) is 5.56 Å². The lowest BCUT2D eigenvalue weighted by Crippen LogP contribution is -1.99. The molecule has 1 aromatic carbocycles. The summed E-state index contributed by atoms with van der Waals surface area (Å²) in [6.07, 6.45) is -0.777. The first-order valence-corrected chi connectivity index (χ1v) is 4.32. The molecular weight excluding hydrogens is 224 g/mol. The van der Waals surface area contributed by atoms with Gasteiger partial charge < -0.3 is 4.74 Å². The van der Waals surface area contributed by atoms with Crippen LogP contribution in [0.4, 0.5) is 17.6 Å². The van der Waals surface area contributed by atoms with Crippen molar-refractivity contribution < 1.29 is 22.3 Å². The van der Waals surface area contributed by atoms with E-state index in [1.54, 1.807) is 0 Å². The molecule has 0 bridgehead atoms. The Labute approximate surface area is 90.0 Å². The van der Waals surface area contributed by atoms with Crippen LogP contribution in [-0.2, 0) is 0 Å². The highest BCUT2D eigenvalue weighted by atomic mass is 19.3. The first-order valence-electron chi connectivity index (χ1n) is 4.32. The van der Waals surface area contributed by atoms with E-state index in [0.29, 0.717) is 0 Å². The average molecular weight is 232 g/mol. The molecule has 0 atom stereocenters. The van der Waals surface area contributed by atoms with Gasteiger partial charge in [-0.05, 0) is 18.2 Å². The second kappa shape index (κ2) is 5.40. The molecule has 1 rings (SSSR count). The van der Waals surface area contributed by atoms with Crippen molar-refractivity contribution >= 4 is 0 Å². The molecule has 0 aliphatic heterocycles. The van der Waals surface area contributed by atoms with Gasteiger partial charge in [-0.3, -0.25) is 0 Å². The van der Waals surface area contributed by atoms with Crippen molar-refractivity contribution in [1.29, 1.82) is 0 Å². The van der Waals surface area contributed by atoms with E-state index in [4.69, 9.17) is 11.2 Å². The Morgan fingerprint density at radius 2 is 1.88 bits per heavy atom. The number of benzene rings is 1. The summed E-state index contributed by atoms with van der Waals surface area (Å²) >= 11 is 0. The van der Waals surface area contributed by atoms with Crippen molar-refractivity contribution in [3.8, 4) is 18.1 Å². The van der Waals surface area contributed by atoms with Gasteiger partial charge >= 0.3 is 0 Å². The molecule has 0 fully saturated rings. The molecular formula is C11H8F4O. The normalized spacial score (nSPS) is 10.6. The summed E-state index contributed by atoms with van der Waals surface area (Å²) in [7, 11) is 0. The van der Waals surface area contributed by atoms with Gasteiger partial charge in [0.2, 0.25) is 0 Å². The Bertz CT molecular complexity index is 395. The van der Waals surface area contributed by atoms with Crippen LogP contribution < -0.4 is 4.74 Å². The van der Waals surface area contributed by atoms with E-state index >= 15 is 0 Å². The van der Waals surface area contributed by atoms with E-state index in [2.05, 4.69) is 5.92 Å². The topological polar surface area (TPSA) is 9.23 Å². The third kappa shape index (κ3) is 2.89. The molecule has 5 heteroatoms. The van der Waals surface area contributed by atoms with Gasteiger partial charge in [0.1, 0.15) is 12.4 Å². The summed E-state index contributed by atoms with van der Waals surface area (Å²) in [6.45, 7) is -0.187. The maximum atomic E-state index is 12.5. The molecule has 0 aromatic heterocycles. The summed E-state index contributed by atoms with van der Waals surface area (Å²) in [5.74, 6) is 1.94. The lowest BCUT2D eigenvalue weighted by Gasteiger charge is -2.10. The molecule has 1 aromatic rings. The Morgan fingerprint density at radius 1 is 1.19 bits per heavy atom. The van der Waals surface area contributed by atoms with Crippen LogP contribution in [0.5, 0.6) is 5.75 Å². The Kier molecular flexibility index (Phi) is 4.18. The van der Waals surface area contributed by atoms with Crippen LogP contribution in [0.15, 0.2) is 18.2 Å². The largest absolute Gasteiger partial charge is 0.480 e. The molecule has 0 N–H and O–H groups in total. The van der Waals surface area contributed by atoms with E-state index in [0.717, 1.165) is 18.2 Å². The SMILES string of the molecule is C#CCOc1ccc(C(F)F)cc1C(F)F. The van der Waals surface area contributed by atoms with Crippen LogP contribution in [0.2, 0.25) is 0 Å². The maximum Gasteiger partial charge on any atom is 0.267 e. The highest BCUT2D eigenvalue weighted by Crippen LogP contribution is 2.32. The molecule has 0 amide bonds. The Hall–Kier alpha value is -1.70. The smallest absolute Gasteiger partial charge is 0.267 e. The third-order valence-electron chi connectivity index (χ3n) is 1.83. The zero-order valence-corrected chi connectivity index (χ0v) is 8.09. The molecule has 0 heterocycles. The minimum Gasteiger partial charge on any atom is -0.480 e. The van der Waals surface area contributed by atoms with Crippen LogP contribution >= 0.6 is 0 Å². The lowest BCUT2D eigenvalue weighted by atomic mass is 10.1. The van der Waals surface area contributed by atoms with Crippen LogP contribution in [0.1, 0.15) is 24.0 Å². The summed E-state index contributed by atoms with van der Waals surface area (Å²) in [5, 5.41) is 0. The summed E-state index contributed by atoms with van der Waals surface area (Å²) in [6, 6.07) is 2.82. The van der Waals surface area contributed by atoms with Gasteiger partial charge in [-0.1, -0.05) is 5.92 Å². The molecule has 0 aliphatic carbocycles. The van der Waals surface area contributed by atoms with Gasteiger partial charge in [-0.2, -0.15) is 0 Å². The first kappa shape index (κ1) is 12.4. The zero-order chi connectivity index (χ0) is 12.1. The minimum absolute atomic E-state index is 0.169. The quantitative estimate of drug-likeness (QED) is 0.569. The number of terminal acetylenes is 1. The van der Waals surface area contributed by atoms with Crippen molar-refractivity contribution in [1.82, 2.24) is 0 Å². The molecule has 86 valence electrons. The van der Waals surface area contributed by atoms with Gasteiger partial charge in [0.15, 0.2) is 0 Å². The summed E-state index contributed by atoms with van der Waals surface area (Å²) < 4.78 is 54.4. The number of hydrogen-bond acceptors (Lipinski definition) is 1. The molecule has 0 unspecified atom stereocenters. The predicted molar refractivity (Wildman–Crippen MR) is 50.7 cm³/mol. The fourth-order valence-corrected chi connectivity index (χ4v) is 1.12. The lowest BCUT2D eigenvalue weighted by molar-refractivity contribution is 0.140. The number of rotatable bonds is 4. The van der Waals surface area contributed by atoms with Crippen molar-refractivity contribution in [2.24, 2.45) is 0 Å². The summed E-state index contributed by atoms with van der Waals surface area (Å²) in [4.78, 5) is 0. The molecule has 0 saturated carbocycles. The number of halogens is 4. The standard InChI is InChI=1S/C11H8F4O/c1-2-5-16-9-4-3-7(10(12)13)6-8(9)11(14)15/h1,3-4,6,10-11H,5H2. The van der Waals surface area contributed by atoms with E-state index < -0.39 is 24.0 Å². The Morgan fingerprint density at radius 3 is 2.38 bits per heavy atom. The fraction of sp³-hybridized carbons (Fsp3) is 0.273. The van der Waals surface area contributed by atoms with E-state index in [1.165, 1.54) is 0 Å². The molecule has 0 aliphatic rings. The van der Waals surface area contributed by atoms with Crippen LogP contribution in [0.25, 0.3) is 0 Å². The fourth-order valence-electron chi connectivity index (χ4n) is 1.12. The van der Waals surface area contributed by atoms with Crippen molar-refractivity contribution in [3.63, 3.8) is 0 Å². The number of hydrogen-bond donors (Lipinski definition) is 0. The van der Waals surface area contributed by atoms with Gasteiger partial charge in [-0.25, -0.2) is 17.6 Å². The van der Waals surface area contributed by atoms with E-state index in [1.807, 2.05) is 0 Å². The summed E-state index contributed by atoms with van der Waals surface area (Å²) in [5.41, 5.74) is -1.04. The van der Waals surface area contributed by atoms with Crippen molar-refractivity contribution in [3.05, 3.63) is 29.3 Å². The van der Waals surface area contributed by atoms with Gasteiger partial charge in [-0.15, -0.1) is 6.42 Å². The predicted octanol–water partition coefficient (Wildman–Crippen LogP) is 3.57. The number of alkyl halides is 4. The van der Waals surface area contributed by atoms with Crippen LogP contribution in [0.3, 0.4) is 0 Å². The van der Waals surface area contributed by atoms with Crippen LogP contribution in [0, 0.1) is 12.3 Å². The molecule has 1 nitrogen and oxygen atoms in total. The second-order valence-electron chi connectivity index (χ2n) is 2.89. The monoisotopic (exact) mass is 232 g/mol. The highest BCUT2D eigenvalue weighted by molar-refractivity contribution is 5.38. The zero-order valence-electron chi connectivity index (χ0n) is 8.09. The third-order valence-corrected chi connectivity index (χ3v) is 1.83. The van der Waals surface area contributed by atoms with Crippen molar-refractivity contribution in [2.75, 3.05) is 6.61 Å². The molecule has 16 heavy (non-hydrogen) atoms. The average Bonchev–Trinajstić information content (AvgIpc) is 2.25. The Balaban J connectivity index is 3.05. The van der Waals surface area contributed by atoms with E-state index in [-0.39, 0.29) is 12.4 Å². The molecule has 0 spiro atoms. The number of ether oxygens (including phenoxy) is 1. The minimum atomic E-state index is -2.88. The van der Waals surface area contributed by atoms with Crippen molar-refractivity contribution in [2.45, 2.75) is 12.9 Å². The van der Waals surface area contributed by atoms with Crippen LogP contribution in [-0.4, -0.2) is 6.61 Å². The first-order chi connectivity index (χ1) is 7.56. The van der Waals surface area contributed by atoms with E-state index in [9.17, 15) is 17.6 Å². The van der Waals surface area contributed by atoms with Gasteiger partial charge in [0.05, 0.1) is 5.56 Å². The maximum absolute atomic E-state index is 12.5. The second-order valence-corrected chi connectivity index (χ2v) is 2.89. The molecule has 0 radical (unpaired) electrons. The highest BCUT2D eigenvalue weighted by Gasteiger charge is 2.17.